The van der Waals surface area contributed by atoms with Crippen molar-refractivity contribution < 1.29 is 0 Å². The van der Waals surface area contributed by atoms with Crippen LogP contribution in [0.1, 0.15) is 43.2 Å². The van der Waals surface area contributed by atoms with Gasteiger partial charge in [-0.3, -0.25) is 4.90 Å². The quantitative estimate of drug-likeness (QED) is 0.827. The van der Waals surface area contributed by atoms with E-state index in [9.17, 15) is 0 Å². The van der Waals surface area contributed by atoms with Crippen molar-refractivity contribution in [1.29, 1.82) is 0 Å². The molecule has 92 valence electrons. The second-order valence-electron chi connectivity index (χ2n) is 4.61. The summed E-state index contributed by atoms with van der Waals surface area (Å²) in [5, 5.41) is 2.16. The van der Waals surface area contributed by atoms with E-state index < -0.39 is 0 Å². The molecule has 1 rings (SSSR count). The van der Waals surface area contributed by atoms with E-state index in [1.54, 1.807) is 0 Å². The predicted octanol–water partition coefficient (Wildman–Crippen LogP) is 3.18. The molecular formula is C13H24N2S. The molecule has 0 radical (unpaired) electrons. The maximum Gasteiger partial charge on any atom is 0.0590 e. The van der Waals surface area contributed by atoms with Gasteiger partial charge in [-0.15, -0.1) is 11.3 Å². The van der Waals surface area contributed by atoms with Crippen molar-refractivity contribution in [3.63, 3.8) is 0 Å². The van der Waals surface area contributed by atoms with Crippen molar-refractivity contribution in [2.24, 2.45) is 5.73 Å². The Morgan fingerprint density at radius 2 is 2.19 bits per heavy atom. The van der Waals surface area contributed by atoms with E-state index in [2.05, 4.69) is 44.2 Å². The van der Waals surface area contributed by atoms with Crippen molar-refractivity contribution >= 4 is 11.3 Å². The topological polar surface area (TPSA) is 29.3 Å². The molecule has 0 amide bonds. The fraction of sp³-hybridized carbons (Fsp3) is 0.692. The fourth-order valence-corrected chi connectivity index (χ4v) is 3.28. The maximum atomic E-state index is 6.13. The zero-order valence-corrected chi connectivity index (χ0v) is 11.7. The van der Waals surface area contributed by atoms with Gasteiger partial charge in [-0.2, -0.15) is 0 Å². The van der Waals surface area contributed by atoms with Gasteiger partial charge in [0, 0.05) is 10.9 Å². The third-order valence-electron chi connectivity index (χ3n) is 3.01. The molecular weight excluding hydrogens is 216 g/mol. The first-order valence-electron chi connectivity index (χ1n) is 6.07. The Morgan fingerprint density at radius 1 is 1.50 bits per heavy atom. The van der Waals surface area contributed by atoms with Gasteiger partial charge in [0.25, 0.3) is 0 Å². The highest BCUT2D eigenvalue weighted by Crippen LogP contribution is 2.30. The molecule has 0 saturated carbocycles. The van der Waals surface area contributed by atoms with Crippen LogP contribution in [0.4, 0.5) is 0 Å². The number of rotatable bonds is 6. The van der Waals surface area contributed by atoms with E-state index >= 15 is 0 Å². The highest BCUT2D eigenvalue weighted by atomic mass is 32.1. The van der Waals surface area contributed by atoms with Crippen molar-refractivity contribution in [2.45, 2.75) is 45.7 Å². The Hall–Kier alpha value is -0.380. The highest BCUT2D eigenvalue weighted by Gasteiger charge is 2.23. The predicted molar refractivity (Wildman–Crippen MR) is 73.0 cm³/mol. The number of unbranched alkanes of at least 4 members (excludes halogenated alkanes) is 1. The third kappa shape index (κ3) is 3.30. The first-order chi connectivity index (χ1) is 7.57. The monoisotopic (exact) mass is 240 g/mol. The summed E-state index contributed by atoms with van der Waals surface area (Å²) in [6.07, 6.45) is 2.48. The zero-order valence-electron chi connectivity index (χ0n) is 10.9. The number of aryl methyl sites for hydroxylation is 1. The summed E-state index contributed by atoms with van der Waals surface area (Å²) in [6, 6.07) is 2.73. The van der Waals surface area contributed by atoms with Crippen LogP contribution < -0.4 is 5.73 Å². The lowest BCUT2D eigenvalue weighted by atomic mass is 10.0. The smallest absolute Gasteiger partial charge is 0.0590 e. The molecule has 2 nitrogen and oxygen atoms in total. The van der Waals surface area contributed by atoms with Crippen LogP contribution in [0.5, 0.6) is 0 Å². The number of nitrogens with zero attached hydrogens (tertiary/aromatic N) is 1. The molecule has 16 heavy (non-hydrogen) atoms. The summed E-state index contributed by atoms with van der Waals surface area (Å²) in [4.78, 5) is 3.82. The average molecular weight is 240 g/mol. The van der Waals surface area contributed by atoms with Gasteiger partial charge in [-0.05, 0) is 50.9 Å². The second-order valence-corrected chi connectivity index (χ2v) is 5.55. The van der Waals surface area contributed by atoms with E-state index in [4.69, 9.17) is 5.73 Å². The molecule has 0 aliphatic rings. The van der Waals surface area contributed by atoms with E-state index in [0.29, 0.717) is 6.04 Å². The molecule has 2 N–H and O–H groups in total. The van der Waals surface area contributed by atoms with Gasteiger partial charge < -0.3 is 5.73 Å². The van der Waals surface area contributed by atoms with E-state index in [-0.39, 0.29) is 6.04 Å². The number of hydrogen-bond acceptors (Lipinski definition) is 3. The van der Waals surface area contributed by atoms with Crippen LogP contribution in [0.3, 0.4) is 0 Å². The van der Waals surface area contributed by atoms with Gasteiger partial charge in [-0.1, -0.05) is 13.3 Å². The molecule has 1 aromatic heterocycles. The normalized spacial score (nSPS) is 15.4. The molecule has 2 atom stereocenters. The van der Waals surface area contributed by atoms with Gasteiger partial charge >= 0.3 is 0 Å². The molecule has 0 aliphatic carbocycles. The lowest BCUT2D eigenvalue weighted by Gasteiger charge is -2.31. The Bertz CT molecular complexity index is 307. The fourth-order valence-electron chi connectivity index (χ4n) is 2.07. The van der Waals surface area contributed by atoms with Crippen LogP contribution in [-0.2, 0) is 0 Å². The zero-order chi connectivity index (χ0) is 12.1. The molecule has 0 aromatic carbocycles. The molecule has 0 bridgehead atoms. The summed E-state index contributed by atoms with van der Waals surface area (Å²) >= 11 is 1.83. The minimum Gasteiger partial charge on any atom is -0.326 e. The van der Waals surface area contributed by atoms with Crippen molar-refractivity contribution in [3.8, 4) is 0 Å². The van der Waals surface area contributed by atoms with Crippen molar-refractivity contribution in [2.75, 3.05) is 13.6 Å². The van der Waals surface area contributed by atoms with Gasteiger partial charge in [0.15, 0.2) is 0 Å². The third-order valence-corrected chi connectivity index (χ3v) is 4.10. The van der Waals surface area contributed by atoms with Gasteiger partial charge in [0.1, 0.15) is 0 Å². The summed E-state index contributed by atoms with van der Waals surface area (Å²) in [7, 11) is 2.18. The minimum atomic E-state index is 0.180. The summed E-state index contributed by atoms with van der Waals surface area (Å²) in [5.74, 6) is 0. The standard InChI is InChI=1S/C13H24N2S/c1-5-6-8-15(4)12(11(3)14)13-10(2)7-9-16-13/h7,9,11-12H,5-6,8,14H2,1-4H3. The molecule has 0 saturated heterocycles. The van der Waals surface area contributed by atoms with Crippen LogP contribution >= 0.6 is 11.3 Å². The minimum absolute atomic E-state index is 0.180. The molecule has 0 aliphatic heterocycles. The van der Waals surface area contributed by atoms with E-state index in [1.807, 2.05) is 11.3 Å². The van der Waals surface area contributed by atoms with Crippen LogP contribution in [0.25, 0.3) is 0 Å². The van der Waals surface area contributed by atoms with Crippen LogP contribution in [-0.4, -0.2) is 24.5 Å². The molecule has 3 heteroatoms. The SMILES string of the molecule is CCCCN(C)C(c1sccc1C)C(C)N. The highest BCUT2D eigenvalue weighted by molar-refractivity contribution is 7.10. The number of thiophene rings is 1. The van der Waals surface area contributed by atoms with Crippen LogP contribution in [0.15, 0.2) is 11.4 Å². The first-order valence-corrected chi connectivity index (χ1v) is 6.95. The average Bonchev–Trinajstić information content (AvgIpc) is 2.62. The Labute approximate surface area is 103 Å². The second kappa shape index (κ2) is 6.38. The number of nitrogens with two attached hydrogens (primary N) is 1. The Balaban J connectivity index is 2.79. The summed E-state index contributed by atoms with van der Waals surface area (Å²) in [6.45, 7) is 7.63. The van der Waals surface area contributed by atoms with E-state index in [1.165, 1.54) is 23.3 Å². The number of likely N-dealkylation sites (N-methyl/N-ethyl adjacent to an activating group) is 1. The van der Waals surface area contributed by atoms with Gasteiger partial charge in [-0.25, -0.2) is 0 Å². The number of hydrogen-bond donors (Lipinski definition) is 1. The molecule has 1 heterocycles. The lowest BCUT2D eigenvalue weighted by molar-refractivity contribution is 0.219. The maximum absolute atomic E-state index is 6.13. The lowest BCUT2D eigenvalue weighted by Crippen LogP contribution is -2.37. The Morgan fingerprint density at radius 3 is 2.62 bits per heavy atom. The first kappa shape index (κ1) is 13.7. The van der Waals surface area contributed by atoms with Crippen LogP contribution in [0, 0.1) is 6.92 Å². The molecule has 0 fully saturated rings. The summed E-state index contributed by atoms with van der Waals surface area (Å²) in [5.41, 5.74) is 7.51. The molecule has 1 aromatic rings. The van der Waals surface area contributed by atoms with Crippen LogP contribution in [0.2, 0.25) is 0 Å². The van der Waals surface area contributed by atoms with Gasteiger partial charge in [0.05, 0.1) is 6.04 Å². The van der Waals surface area contributed by atoms with Crippen molar-refractivity contribution in [1.82, 2.24) is 4.90 Å². The molecule has 2 unspecified atom stereocenters. The van der Waals surface area contributed by atoms with Gasteiger partial charge in [0.2, 0.25) is 0 Å². The van der Waals surface area contributed by atoms with Crippen molar-refractivity contribution in [3.05, 3.63) is 21.9 Å². The largest absolute Gasteiger partial charge is 0.326 e. The summed E-state index contributed by atoms with van der Waals surface area (Å²) < 4.78 is 0. The van der Waals surface area contributed by atoms with E-state index in [0.717, 1.165) is 6.54 Å². The Kier molecular flexibility index (Phi) is 5.46. The molecule has 0 spiro atoms.